The van der Waals surface area contributed by atoms with Gasteiger partial charge >= 0.3 is 5.91 Å². The highest BCUT2D eigenvalue weighted by atomic mass is 32.1. The highest BCUT2D eigenvalue weighted by Gasteiger charge is 2.48. The topological polar surface area (TPSA) is 107 Å². The van der Waals surface area contributed by atoms with Gasteiger partial charge in [-0.15, -0.1) is 0 Å². The predicted molar refractivity (Wildman–Crippen MR) is 166 cm³/mol. The summed E-state index contributed by atoms with van der Waals surface area (Å²) in [4.78, 5) is 33.6. The second-order valence-electron chi connectivity index (χ2n) is 10.1. The second kappa shape index (κ2) is 11.4. The minimum Gasteiger partial charge on any atom is -0.507 e. The van der Waals surface area contributed by atoms with E-state index >= 15 is 0 Å². The Balaban J connectivity index is 1.37. The molecular formula is C34H26N2O7S. The molecule has 0 spiro atoms. The molecule has 1 atom stereocenters. The molecule has 1 N–H and O–H groups in total. The third-order valence-electron chi connectivity index (χ3n) is 7.28. The summed E-state index contributed by atoms with van der Waals surface area (Å²) in [7, 11) is 0. The van der Waals surface area contributed by atoms with E-state index in [2.05, 4.69) is 0 Å². The zero-order chi connectivity index (χ0) is 30.2. The molecule has 5 aromatic rings. The number of aromatic nitrogens is 1. The Morgan fingerprint density at radius 3 is 2.52 bits per heavy atom. The fourth-order valence-electron chi connectivity index (χ4n) is 5.32. The Kier molecular flexibility index (Phi) is 7.11. The van der Waals surface area contributed by atoms with Gasteiger partial charge in [0.1, 0.15) is 36.2 Å². The van der Waals surface area contributed by atoms with Crippen molar-refractivity contribution in [3.8, 4) is 28.7 Å². The zero-order valence-corrected chi connectivity index (χ0v) is 24.4. The maximum atomic E-state index is 13.8. The lowest BCUT2D eigenvalue weighted by atomic mass is 9.95. The number of thiazole rings is 1. The first-order valence-electron chi connectivity index (χ1n) is 14.1. The van der Waals surface area contributed by atoms with Crippen LogP contribution in [0.5, 0.6) is 28.7 Å². The van der Waals surface area contributed by atoms with Gasteiger partial charge in [-0.05, 0) is 73.2 Å². The van der Waals surface area contributed by atoms with Crippen LogP contribution in [0.2, 0.25) is 0 Å². The van der Waals surface area contributed by atoms with Crippen LogP contribution < -0.4 is 23.8 Å². The standard InChI is InChI=1S/C34H26N2O7S/c1-2-40-23-12-13-25-28(19-23)44-34(35-25)36-30(20-7-6-10-24(17-20)43-22-8-4-3-5-9-22)29(32(38)33(36)39)31(37)21-11-14-26-27(18-21)42-16-15-41-26/h3-14,17-19,30,37H,2,15-16H2,1H3/t30-/m1/s1. The number of rotatable bonds is 7. The van der Waals surface area contributed by atoms with Gasteiger partial charge < -0.3 is 24.1 Å². The molecule has 9 nitrogen and oxygen atoms in total. The molecule has 0 radical (unpaired) electrons. The van der Waals surface area contributed by atoms with Crippen LogP contribution in [-0.4, -0.2) is 41.6 Å². The number of ketones is 1. The highest BCUT2D eigenvalue weighted by Crippen LogP contribution is 2.46. The quantitative estimate of drug-likeness (QED) is 0.121. The Bertz CT molecular complexity index is 1940. The Hall–Kier alpha value is -5.35. The predicted octanol–water partition coefficient (Wildman–Crippen LogP) is 6.88. The van der Waals surface area contributed by atoms with Gasteiger partial charge in [-0.2, -0.15) is 0 Å². The lowest BCUT2D eigenvalue weighted by Gasteiger charge is -2.23. The van der Waals surface area contributed by atoms with Crippen LogP contribution in [0, 0.1) is 0 Å². The molecule has 44 heavy (non-hydrogen) atoms. The van der Waals surface area contributed by atoms with Crippen molar-refractivity contribution in [2.45, 2.75) is 13.0 Å². The summed E-state index contributed by atoms with van der Waals surface area (Å²) in [6.07, 6.45) is 0. The number of anilines is 1. The van der Waals surface area contributed by atoms with E-state index in [-0.39, 0.29) is 11.3 Å². The van der Waals surface area contributed by atoms with Crippen LogP contribution in [0.1, 0.15) is 24.1 Å². The smallest absolute Gasteiger partial charge is 0.301 e. The van der Waals surface area contributed by atoms with Gasteiger partial charge in [0.05, 0.1) is 28.4 Å². The molecule has 0 aliphatic carbocycles. The SMILES string of the molecule is CCOc1ccc2nc(N3C(=O)C(=O)C(=C(O)c4ccc5c(c4)OCCO5)[C@H]3c3cccc(Oc4ccccc4)c3)sc2c1. The Morgan fingerprint density at radius 1 is 0.909 bits per heavy atom. The van der Waals surface area contributed by atoms with Gasteiger partial charge in [0, 0.05) is 5.56 Å². The lowest BCUT2D eigenvalue weighted by molar-refractivity contribution is -0.132. The van der Waals surface area contributed by atoms with E-state index in [0.29, 0.717) is 70.3 Å². The van der Waals surface area contributed by atoms with E-state index in [1.165, 1.54) is 16.2 Å². The molecule has 0 saturated carbocycles. The number of fused-ring (bicyclic) bond motifs is 2. The van der Waals surface area contributed by atoms with Gasteiger partial charge in [0.15, 0.2) is 16.6 Å². The molecule has 1 amide bonds. The number of para-hydroxylation sites is 1. The summed E-state index contributed by atoms with van der Waals surface area (Å²) in [5, 5.41) is 12.0. The summed E-state index contributed by atoms with van der Waals surface area (Å²) >= 11 is 1.26. The zero-order valence-electron chi connectivity index (χ0n) is 23.6. The minimum absolute atomic E-state index is 0.0715. The third kappa shape index (κ3) is 4.99. The van der Waals surface area contributed by atoms with Crippen molar-refractivity contribution in [2.24, 2.45) is 0 Å². The second-order valence-corrected chi connectivity index (χ2v) is 11.1. The van der Waals surface area contributed by atoms with Gasteiger partial charge in [0.2, 0.25) is 0 Å². The molecule has 4 aromatic carbocycles. The molecule has 2 aliphatic heterocycles. The number of carbonyl (C=O) groups is 2. The van der Waals surface area contributed by atoms with Crippen LogP contribution >= 0.6 is 11.3 Å². The van der Waals surface area contributed by atoms with Gasteiger partial charge in [-0.3, -0.25) is 14.5 Å². The van der Waals surface area contributed by atoms with Crippen LogP contribution in [0.3, 0.4) is 0 Å². The Morgan fingerprint density at radius 2 is 1.70 bits per heavy atom. The van der Waals surface area contributed by atoms with Gasteiger partial charge in [-0.1, -0.05) is 41.7 Å². The number of Topliss-reactive ketones (excluding diaryl/α,β-unsaturated/α-hetero) is 1. The number of aliphatic hydroxyl groups is 1. The molecule has 10 heteroatoms. The number of amides is 1. The molecule has 2 aliphatic rings. The summed E-state index contributed by atoms with van der Waals surface area (Å²) in [5.41, 5.74) is 1.46. The fraction of sp³-hybridized carbons (Fsp3) is 0.147. The minimum atomic E-state index is -0.991. The average molecular weight is 607 g/mol. The number of aliphatic hydroxyl groups excluding tert-OH is 1. The van der Waals surface area contributed by atoms with E-state index in [1.807, 2.05) is 55.5 Å². The van der Waals surface area contributed by atoms with E-state index < -0.39 is 17.7 Å². The molecule has 7 rings (SSSR count). The first-order chi connectivity index (χ1) is 21.5. The molecular weight excluding hydrogens is 580 g/mol. The largest absolute Gasteiger partial charge is 0.507 e. The number of ether oxygens (including phenoxy) is 4. The summed E-state index contributed by atoms with van der Waals surface area (Å²) in [5.74, 6) is 0.839. The maximum absolute atomic E-state index is 13.8. The number of carbonyl (C=O) groups excluding carboxylic acids is 2. The van der Waals surface area contributed by atoms with E-state index in [0.717, 1.165) is 4.70 Å². The van der Waals surface area contributed by atoms with Crippen molar-refractivity contribution in [1.29, 1.82) is 0 Å². The van der Waals surface area contributed by atoms with Crippen LogP contribution in [0.4, 0.5) is 5.13 Å². The number of hydrogen-bond donors (Lipinski definition) is 1. The lowest BCUT2D eigenvalue weighted by Crippen LogP contribution is -2.29. The summed E-state index contributed by atoms with van der Waals surface area (Å²) in [6, 6.07) is 25.8. The highest BCUT2D eigenvalue weighted by molar-refractivity contribution is 7.22. The van der Waals surface area contributed by atoms with Crippen LogP contribution in [-0.2, 0) is 9.59 Å². The van der Waals surface area contributed by atoms with Crippen molar-refractivity contribution in [3.63, 3.8) is 0 Å². The van der Waals surface area contributed by atoms with Crippen molar-refractivity contribution in [2.75, 3.05) is 24.7 Å². The van der Waals surface area contributed by atoms with Crippen molar-refractivity contribution < 1.29 is 33.6 Å². The molecule has 0 unspecified atom stereocenters. The summed E-state index contributed by atoms with van der Waals surface area (Å²) in [6.45, 7) is 3.18. The van der Waals surface area contributed by atoms with Crippen molar-refractivity contribution in [3.05, 3.63) is 108 Å². The molecule has 3 heterocycles. The monoisotopic (exact) mass is 606 g/mol. The summed E-state index contributed by atoms with van der Waals surface area (Å²) < 4.78 is 23.8. The third-order valence-corrected chi connectivity index (χ3v) is 8.30. The van der Waals surface area contributed by atoms with Gasteiger partial charge in [-0.25, -0.2) is 4.98 Å². The van der Waals surface area contributed by atoms with Crippen LogP contribution in [0.15, 0.2) is 96.6 Å². The van der Waals surface area contributed by atoms with E-state index in [4.69, 9.17) is 23.9 Å². The van der Waals surface area contributed by atoms with Crippen molar-refractivity contribution in [1.82, 2.24) is 4.98 Å². The number of benzene rings is 4. The first-order valence-corrected chi connectivity index (χ1v) is 14.9. The Labute approximate surface area is 256 Å². The molecule has 220 valence electrons. The van der Waals surface area contributed by atoms with Gasteiger partial charge in [0.25, 0.3) is 5.78 Å². The number of hydrogen-bond acceptors (Lipinski definition) is 9. The van der Waals surface area contributed by atoms with E-state index in [1.54, 1.807) is 42.5 Å². The normalized spacial score (nSPS) is 17.2. The molecule has 1 aromatic heterocycles. The van der Waals surface area contributed by atoms with Crippen molar-refractivity contribution >= 4 is 44.1 Å². The molecule has 1 fully saturated rings. The fourth-order valence-corrected chi connectivity index (χ4v) is 6.34. The maximum Gasteiger partial charge on any atom is 0.301 e. The first kappa shape index (κ1) is 27.5. The average Bonchev–Trinajstić information content (AvgIpc) is 3.58. The molecule has 1 saturated heterocycles. The number of nitrogens with zero attached hydrogens (tertiary/aromatic N) is 2. The van der Waals surface area contributed by atoms with E-state index in [9.17, 15) is 14.7 Å². The van der Waals surface area contributed by atoms with Crippen LogP contribution in [0.25, 0.3) is 16.0 Å². The molecule has 0 bridgehead atoms.